The number of pyridine rings is 1. The third-order valence-electron chi connectivity index (χ3n) is 5.30. The molecule has 1 heteroatoms. The van der Waals surface area contributed by atoms with Crippen LogP contribution in [0.15, 0.2) is 72.8 Å². The minimum absolute atomic E-state index is 0.473. The van der Waals surface area contributed by atoms with Crippen LogP contribution < -0.4 is 0 Å². The van der Waals surface area contributed by atoms with Crippen molar-refractivity contribution in [2.45, 2.75) is 39.0 Å². The Kier molecular flexibility index (Phi) is 4.71. The van der Waals surface area contributed by atoms with Crippen LogP contribution in [-0.2, 0) is 0 Å². The van der Waals surface area contributed by atoms with Crippen molar-refractivity contribution in [2.24, 2.45) is 0 Å². The molecule has 0 aliphatic rings. The Morgan fingerprint density at radius 1 is 0.846 bits per heavy atom. The SMILES string of the molecule is CCCCC(C)c1cc(-c2ccccc2)c2ccc3ccccc3c2n1. The number of fused-ring (bicyclic) bond motifs is 3. The zero-order valence-corrected chi connectivity index (χ0v) is 15.6. The third kappa shape index (κ3) is 3.10. The molecule has 3 aromatic carbocycles. The van der Waals surface area contributed by atoms with Gasteiger partial charge in [-0.2, -0.15) is 0 Å². The van der Waals surface area contributed by atoms with Crippen LogP contribution in [0, 0.1) is 0 Å². The van der Waals surface area contributed by atoms with Crippen LogP contribution in [0.25, 0.3) is 32.8 Å². The maximum absolute atomic E-state index is 5.14. The number of rotatable bonds is 5. The van der Waals surface area contributed by atoms with E-state index in [1.165, 1.54) is 52.2 Å². The van der Waals surface area contributed by atoms with Crippen molar-refractivity contribution < 1.29 is 0 Å². The average Bonchev–Trinajstić information content (AvgIpc) is 2.71. The van der Waals surface area contributed by atoms with E-state index in [1.54, 1.807) is 0 Å². The summed E-state index contributed by atoms with van der Waals surface area (Å²) in [6.07, 6.45) is 3.66. The molecule has 1 atom stereocenters. The van der Waals surface area contributed by atoms with Gasteiger partial charge >= 0.3 is 0 Å². The molecule has 0 saturated carbocycles. The first-order valence-corrected chi connectivity index (χ1v) is 9.65. The van der Waals surface area contributed by atoms with Gasteiger partial charge in [0.05, 0.1) is 5.52 Å². The Hall–Kier alpha value is -2.67. The van der Waals surface area contributed by atoms with E-state index in [-0.39, 0.29) is 0 Å². The molecular formula is C25H25N. The van der Waals surface area contributed by atoms with Gasteiger partial charge in [-0.05, 0) is 34.9 Å². The van der Waals surface area contributed by atoms with Crippen molar-refractivity contribution in [1.82, 2.24) is 4.98 Å². The Morgan fingerprint density at radius 3 is 2.42 bits per heavy atom. The molecule has 0 aliphatic carbocycles. The number of hydrogen-bond donors (Lipinski definition) is 0. The van der Waals surface area contributed by atoms with E-state index in [9.17, 15) is 0 Å². The van der Waals surface area contributed by atoms with E-state index in [1.807, 2.05) is 0 Å². The minimum Gasteiger partial charge on any atom is -0.252 e. The summed E-state index contributed by atoms with van der Waals surface area (Å²) >= 11 is 0. The number of nitrogens with zero attached hydrogens (tertiary/aromatic N) is 1. The molecule has 26 heavy (non-hydrogen) atoms. The van der Waals surface area contributed by atoms with Crippen molar-refractivity contribution in [1.29, 1.82) is 0 Å². The second-order valence-corrected chi connectivity index (χ2v) is 7.19. The second kappa shape index (κ2) is 7.29. The number of aromatic nitrogens is 1. The third-order valence-corrected chi connectivity index (χ3v) is 5.30. The monoisotopic (exact) mass is 339 g/mol. The molecule has 4 aromatic rings. The zero-order chi connectivity index (χ0) is 17.9. The molecule has 0 fully saturated rings. The fraction of sp³-hybridized carbons (Fsp3) is 0.240. The molecule has 0 aliphatic heterocycles. The van der Waals surface area contributed by atoms with Crippen molar-refractivity contribution in [2.75, 3.05) is 0 Å². The van der Waals surface area contributed by atoms with Gasteiger partial charge in [-0.3, -0.25) is 4.98 Å². The van der Waals surface area contributed by atoms with Crippen molar-refractivity contribution in [3.63, 3.8) is 0 Å². The largest absolute Gasteiger partial charge is 0.252 e. The fourth-order valence-electron chi connectivity index (χ4n) is 3.75. The van der Waals surface area contributed by atoms with Gasteiger partial charge in [0.15, 0.2) is 0 Å². The zero-order valence-electron chi connectivity index (χ0n) is 15.6. The molecule has 130 valence electrons. The Bertz CT molecular complexity index is 1030. The lowest BCUT2D eigenvalue weighted by Gasteiger charge is -2.16. The van der Waals surface area contributed by atoms with Gasteiger partial charge in [0, 0.05) is 16.5 Å². The summed E-state index contributed by atoms with van der Waals surface area (Å²) in [6.45, 7) is 4.56. The highest BCUT2D eigenvalue weighted by molar-refractivity contribution is 6.10. The lowest BCUT2D eigenvalue weighted by molar-refractivity contribution is 0.613. The quantitative estimate of drug-likeness (QED) is 0.346. The van der Waals surface area contributed by atoms with E-state index >= 15 is 0 Å². The van der Waals surface area contributed by atoms with Crippen LogP contribution in [-0.4, -0.2) is 4.98 Å². The molecule has 0 bridgehead atoms. The molecule has 0 amide bonds. The highest BCUT2D eigenvalue weighted by Crippen LogP contribution is 2.35. The second-order valence-electron chi connectivity index (χ2n) is 7.19. The van der Waals surface area contributed by atoms with Crippen LogP contribution in [0.1, 0.15) is 44.7 Å². The van der Waals surface area contributed by atoms with Crippen LogP contribution in [0.2, 0.25) is 0 Å². The number of benzene rings is 3. The van der Waals surface area contributed by atoms with E-state index in [2.05, 4.69) is 86.6 Å². The molecule has 0 saturated heterocycles. The van der Waals surface area contributed by atoms with Crippen LogP contribution in [0.5, 0.6) is 0 Å². The van der Waals surface area contributed by atoms with Crippen LogP contribution in [0.3, 0.4) is 0 Å². The topological polar surface area (TPSA) is 12.9 Å². The van der Waals surface area contributed by atoms with Gasteiger partial charge in [0.2, 0.25) is 0 Å². The maximum atomic E-state index is 5.14. The summed E-state index contributed by atoms with van der Waals surface area (Å²) in [4.78, 5) is 5.14. The highest BCUT2D eigenvalue weighted by Gasteiger charge is 2.14. The molecule has 1 aromatic heterocycles. The predicted molar refractivity (Wildman–Crippen MR) is 113 cm³/mol. The van der Waals surface area contributed by atoms with Gasteiger partial charge in [-0.1, -0.05) is 93.4 Å². The molecule has 1 unspecified atom stereocenters. The van der Waals surface area contributed by atoms with Gasteiger partial charge in [-0.15, -0.1) is 0 Å². The lowest BCUT2D eigenvalue weighted by atomic mass is 9.93. The Morgan fingerprint density at radius 2 is 1.62 bits per heavy atom. The molecule has 1 nitrogen and oxygen atoms in total. The summed E-state index contributed by atoms with van der Waals surface area (Å²) in [5.74, 6) is 0.473. The van der Waals surface area contributed by atoms with E-state index in [4.69, 9.17) is 4.98 Å². The molecule has 1 heterocycles. The van der Waals surface area contributed by atoms with Crippen LogP contribution in [0.4, 0.5) is 0 Å². The first-order chi connectivity index (χ1) is 12.8. The molecular weight excluding hydrogens is 314 g/mol. The smallest absolute Gasteiger partial charge is 0.0789 e. The van der Waals surface area contributed by atoms with E-state index in [0.717, 1.165) is 5.52 Å². The molecule has 0 radical (unpaired) electrons. The first-order valence-electron chi connectivity index (χ1n) is 9.65. The van der Waals surface area contributed by atoms with Gasteiger partial charge in [0.25, 0.3) is 0 Å². The molecule has 0 N–H and O–H groups in total. The Labute approximate surface area is 155 Å². The van der Waals surface area contributed by atoms with E-state index < -0.39 is 0 Å². The summed E-state index contributed by atoms with van der Waals surface area (Å²) in [5, 5.41) is 3.73. The minimum atomic E-state index is 0.473. The summed E-state index contributed by atoms with van der Waals surface area (Å²) in [7, 11) is 0. The van der Waals surface area contributed by atoms with Crippen molar-refractivity contribution >= 4 is 21.7 Å². The van der Waals surface area contributed by atoms with Gasteiger partial charge in [-0.25, -0.2) is 0 Å². The van der Waals surface area contributed by atoms with Crippen LogP contribution >= 0.6 is 0 Å². The number of hydrogen-bond acceptors (Lipinski definition) is 1. The Balaban J connectivity index is 2.00. The standard InChI is InChI=1S/C25H25N/c1-3-4-10-18(2)24-17-23(19-11-6-5-7-12-19)22-16-15-20-13-8-9-14-21(20)25(22)26-24/h5-9,11-18H,3-4,10H2,1-2H3. The predicted octanol–water partition coefficient (Wildman–Crippen LogP) is 7.35. The molecule has 4 rings (SSSR count). The normalized spacial score (nSPS) is 12.5. The van der Waals surface area contributed by atoms with Crippen molar-refractivity contribution in [3.8, 4) is 11.1 Å². The maximum Gasteiger partial charge on any atom is 0.0789 e. The van der Waals surface area contributed by atoms with E-state index in [0.29, 0.717) is 5.92 Å². The first kappa shape index (κ1) is 16.8. The lowest BCUT2D eigenvalue weighted by Crippen LogP contribution is -1.99. The summed E-state index contributed by atoms with van der Waals surface area (Å²) in [5.41, 5.74) is 4.89. The molecule has 0 spiro atoms. The summed E-state index contributed by atoms with van der Waals surface area (Å²) < 4.78 is 0. The highest BCUT2D eigenvalue weighted by atomic mass is 14.7. The van der Waals surface area contributed by atoms with Gasteiger partial charge in [0.1, 0.15) is 0 Å². The summed E-state index contributed by atoms with van der Waals surface area (Å²) in [6, 6.07) is 26.0. The van der Waals surface area contributed by atoms with Gasteiger partial charge < -0.3 is 0 Å². The van der Waals surface area contributed by atoms with Crippen molar-refractivity contribution in [3.05, 3.63) is 78.5 Å². The fourth-order valence-corrected chi connectivity index (χ4v) is 3.75. The average molecular weight is 339 g/mol. The number of unbranched alkanes of at least 4 members (excludes halogenated alkanes) is 1.